The van der Waals surface area contributed by atoms with Crippen molar-refractivity contribution in [2.24, 2.45) is 11.3 Å². The van der Waals surface area contributed by atoms with Crippen molar-refractivity contribution < 1.29 is 38.7 Å². The molecule has 3 saturated heterocycles. The van der Waals surface area contributed by atoms with E-state index in [1.807, 2.05) is 32.2 Å². The number of nitrogens with one attached hydrogen (secondary N) is 1. The number of rotatable bonds is 5. The molecule has 12 heteroatoms. The monoisotopic (exact) mass is 766 g/mol. The van der Waals surface area contributed by atoms with Crippen LogP contribution in [-0.2, 0) is 41.1 Å². The summed E-state index contributed by atoms with van der Waals surface area (Å²) < 4.78 is 24.4. The number of benzene rings is 2. The first-order valence-electron chi connectivity index (χ1n) is 20.5. The summed E-state index contributed by atoms with van der Waals surface area (Å²) in [6.07, 6.45) is 6.62. The van der Waals surface area contributed by atoms with Gasteiger partial charge in [-0.15, -0.1) is 0 Å². The number of cyclic esters (lactones) is 1. The third-order valence-electron chi connectivity index (χ3n) is 15.6. The standard InChI is InChI=1S/C44H54N4O8/c1-6-40(52)21-26-22-43(38(50)54-5,34-28(13-17-47(23-26)24-40)27-11-8-9-12-31(27)45-34)30-19-29-32(20-33(30)53-4)46(3)36-42(29)15-18-48-16-10-14-41(7-2,35(42)48)37(49)44(36)39(51)55-25-56-44/h8-12,14,19-20,26,35-37,45,49,52H,6-7,13,15-18,21-25H2,1-5H3/t26?,35?,36-,37-,40+,41?,42-,43+,44+/m1/s1. The Kier molecular flexibility index (Phi) is 7.99. The van der Waals surface area contributed by atoms with Crippen molar-refractivity contribution >= 4 is 28.5 Å². The van der Waals surface area contributed by atoms with Crippen molar-refractivity contribution in [2.75, 3.05) is 65.7 Å². The normalized spacial score (nSPS) is 39.7. The minimum atomic E-state index is -1.65. The van der Waals surface area contributed by atoms with Crippen LogP contribution in [0.5, 0.6) is 5.75 Å². The number of carbonyl (C=O) groups excluding carboxylic acids is 2. The van der Waals surface area contributed by atoms with Crippen LogP contribution in [0.1, 0.15) is 68.3 Å². The van der Waals surface area contributed by atoms with Gasteiger partial charge in [-0.25, -0.2) is 4.79 Å². The van der Waals surface area contributed by atoms with Crippen LogP contribution < -0.4 is 9.64 Å². The topological polar surface area (TPSA) is 137 Å². The van der Waals surface area contributed by atoms with Gasteiger partial charge in [-0.3, -0.25) is 14.6 Å². The molecule has 6 aliphatic heterocycles. The molecule has 10 rings (SSSR count). The first-order chi connectivity index (χ1) is 27.0. The smallest absolute Gasteiger partial charge is 0.345 e. The summed E-state index contributed by atoms with van der Waals surface area (Å²) in [5.41, 5.74) is -0.0163. The van der Waals surface area contributed by atoms with E-state index in [-0.39, 0.29) is 18.8 Å². The van der Waals surface area contributed by atoms with Gasteiger partial charge in [0.1, 0.15) is 17.3 Å². The number of carbonyl (C=O) groups is 2. The number of H-pyrrole nitrogens is 1. The van der Waals surface area contributed by atoms with Crippen molar-refractivity contribution in [3.63, 3.8) is 0 Å². The van der Waals surface area contributed by atoms with E-state index in [9.17, 15) is 15.0 Å². The number of ether oxygens (including phenoxy) is 4. The Balaban J connectivity index is 1.28. The number of aliphatic hydroxyl groups is 2. The number of aromatic amines is 1. The van der Waals surface area contributed by atoms with Crippen LogP contribution in [0.4, 0.5) is 5.69 Å². The van der Waals surface area contributed by atoms with Crippen molar-refractivity contribution in [1.29, 1.82) is 0 Å². The number of aliphatic hydroxyl groups excluding tert-OH is 1. The highest BCUT2D eigenvalue weighted by Crippen LogP contribution is 2.68. The molecule has 4 fully saturated rings. The second kappa shape index (κ2) is 12.3. The van der Waals surface area contributed by atoms with Gasteiger partial charge in [0, 0.05) is 84.0 Å². The average molecular weight is 767 g/mol. The second-order valence-electron chi connectivity index (χ2n) is 17.8. The molecule has 7 aliphatic rings. The molecule has 4 unspecified atom stereocenters. The number of para-hydroxylation sites is 1. The molecule has 3 N–H and O–H groups in total. The van der Waals surface area contributed by atoms with Crippen LogP contribution in [-0.4, -0.2) is 127 Å². The molecule has 10 atom stereocenters. The van der Waals surface area contributed by atoms with Crippen molar-refractivity contribution in [2.45, 2.75) is 92.6 Å². The first kappa shape index (κ1) is 36.4. The summed E-state index contributed by atoms with van der Waals surface area (Å²) in [5.74, 6) is -0.453. The molecule has 298 valence electrons. The van der Waals surface area contributed by atoms with E-state index in [2.05, 4.69) is 57.0 Å². The summed E-state index contributed by atoms with van der Waals surface area (Å²) in [5, 5.41) is 25.7. The number of hydrogen-bond acceptors (Lipinski definition) is 11. The maximum Gasteiger partial charge on any atom is 0.345 e. The van der Waals surface area contributed by atoms with E-state index < -0.39 is 51.5 Å². The Labute approximate surface area is 327 Å². The van der Waals surface area contributed by atoms with E-state index >= 15 is 4.79 Å². The number of nitrogens with zero attached hydrogens (tertiary/aromatic N) is 3. The third kappa shape index (κ3) is 4.32. The molecule has 12 nitrogen and oxygen atoms in total. The molecule has 2 bridgehead atoms. The number of piperidine rings is 1. The predicted octanol–water partition coefficient (Wildman–Crippen LogP) is 3.79. The highest BCUT2D eigenvalue weighted by Gasteiger charge is 2.81. The summed E-state index contributed by atoms with van der Waals surface area (Å²) in [6.45, 7) is 7.47. The minimum Gasteiger partial charge on any atom is -0.496 e. The molecule has 0 radical (unpaired) electrons. The molecule has 1 saturated carbocycles. The predicted molar refractivity (Wildman–Crippen MR) is 209 cm³/mol. The van der Waals surface area contributed by atoms with Gasteiger partial charge >= 0.3 is 11.9 Å². The molecule has 1 aliphatic carbocycles. The Morgan fingerprint density at radius 3 is 2.62 bits per heavy atom. The van der Waals surface area contributed by atoms with Crippen LogP contribution >= 0.6 is 0 Å². The number of fused-ring (bicyclic) bond motifs is 7. The fraction of sp³-hybridized carbons (Fsp3) is 0.591. The Morgan fingerprint density at radius 1 is 1.07 bits per heavy atom. The number of anilines is 1. The lowest BCUT2D eigenvalue weighted by Gasteiger charge is -2.63. The molecule has 2 spiro atoms. The Hall–Kier alpha value is -3.94. The van der Waals surface area contributed by atoms with E-state index in [1.54, 1.807) is 7.11 Å². The van der Waals surface area contributed by atoms with Crippen LogP contribution in [0.2, 0.25) is 0 Å². The van der Waals surface area contributed by atoms with Crippen LogP contribution in [0.15, 0.2) is 48.6 Å². The van der Waals surface area contributed by atoms with Crippen LogP contribution in [0.3, 0.4) is 0 Å². The van der Waals surface area contributed by atoms with E-state index in [0.29, 0.717) is 56.4 Å². The largest absolute Gasteiger partial charge is 0.496 e. The van der Waals surface area contributed by atoms with Gasteiger partial charge in [0.2, 0.25) is 5.60 Å². The molecule has 7 heterocycles. The Bertz CT molecular complexity index is 2170. The zero-order chi connectivity index (χ0) is 39.0. The van der Waals surface area contributed by atoms with Gasteiger partial charge in [-0.1, -0.05) is 44.2 Å². The fourth-order valence-corrected chi connectivity index (χ4v) is 13.5. The van der Waals surface area contributed by atoms with Gasteiger partial charge < -0.3 is 39.0 Å². The lowest BCUT2D eigenvalue weighted by atomic mass is 9.47. The molecular formula is C44H54N4O8. The highest BCUT2D eigenvalue weighted by molar-refractivity contribution is 5.95. The minimum absolute atomic E-state index is 0.0512. The second-order valence-corrected chi connectivity index (χ2v) is 17.8. The van der Waals surface area contributed by atoms with Crippen molar-refractivity contribution in [3.8, 4) is 5.75 Å². The molecular weight excluding hydrogens is 713 g/mol. The average Bonchev–Trinajstić information content (AvgIpc) is 3.96. The first-order valence-corrected chi connectivity index (χ1v) is 20.5. The van der Waals surface area contributed by atoms with Gasteiger partial charge in [-0.2, -0.15) is 0 Å². The highest BCUT2D eigenvalue weighted by atomic mass is 16.7. The quantitative estimate of drug-likeness (QED) is 0.259. The fourth-order valence-electron chi connectivity index (χ4n) is 13.5. The number of hydrogen-bond donors (Lipinski definition) is 3. The molecule has 2 aromatic carbocycles. The van der Waals surface area contributed by atoms with Crippen LogP contribution in [0, 0.1) is 11.3 Å². The van der Waals surface area contributed by atoms with Gasteiger partial charge in [0.25, 0.3) is 0 Å². The lowest BCUT2D eigenvalue weighted by molar-refractivity contribution is -0.203. The molecule has 1 aromatic heterocycles. The van der Waals surface area contributed by atoms with E-state index in [1.165, 1.54) is 7.11 Å². The number of esters is 2. The van der Waals surface area contributed by atoms with Crippen molar-refractivity contribution in [1.82, 2.24) is 14.8 Å². The van der Waals surface area contributed by atoms with Gasteiger partial charge in [-0.05, 0) is 74.2 Å². The molecule has 56 heavy (non-hydrogen) atoms. The third-order valence-corrected chi connectivity index (χ3v) is 15.6. The number of methoxy groups -OCH3 is 2. The lowest BCUT2D eigenvalue weighted by Crippen LogP contribution is -2.80. The summed E-state index contributed by atoms with van der Waals surface area (Å²) in [7, 11) is 5.09. The Morgan fingerprint density at radius 2 is 1.89 bits per heavy atom. The van der Waals surface area contributed by atoms with E-state index in [0.717, 1.165) is 59.6 Å². The maximum absolute atomic E-state index is 15.3. The number of aromatic nitrogens is 1. The molecule has 3 aromatic rings. The van der Waals surface area contributed by atoms with Crippen molar-refractivity contribution in [3.05, 3.63) is 70.9 Å². The summed E-state index contributed by atoms with van der Waals surface area (Å²) in [4.78, 5) is 40.2. The van der Waals surface area contributed by atoms with Gasteiger partial charge in [0.05, 0.1) is 25.9 Å². The summed E-state index contributed by atoms with van der Waals surface area (Å²) in [6, 6.07) is 11.7. The SMILES string of the molecule is CCC12C=CCN3CC[C@@]4(c5cc([C@@]6(C(=O)OC)CC7CN(CCc8c6[nH]c6ccccc86)C[C@](O)(CC)C7)c(OC)cc5N(C)[C@H]4[C@]4(OCOC4=O)[C@@H]1O)C32. The van der Waals surface area contributed by atoms with Crippen LogP contribution in [0.25, 0.3) is 10.9 Å². The molecule has 0 amide bonds. The number of likely N-dealkylation sites (N-methyl/N-ethyl adjacent to an activating group) is 1. The van der Waals surface area contributed by atoms with E-state index in [4.69, 9.17) is 18.9 Å². The summed E-state index contributed by atoms with van der Waals surface area (Å²) >= 11 is 0. The van der Waals surface area contributed by atoms with Gasteiger partial charge in [0.15, 0.2) is 6.79 Å². The zero-order valence-electron chi connectivity index (χ0n) is 33.1. The maximum atomic E-state index is 15.3. The zero-order valence-corrected chi connectivity index (χ0v) is 33.1.